The van der Waals surface area contributed by atoms with Crippen molar-refractivity contribution in [3.05, 3.63) is 52.0 Å². The molecule has 0 amide bonds. The minimum absolute atomic E-state index is 0.390. The van der Waals surface area contributed by atoms with Crippen molar-refractivity contribution >= 4 is 11.3 Å². The quantitative estimate of drug-likeness (QED) is 0.875. The summed E-state index contributed by atoms with van der Waals surface area (Å²) in [6, 6.07) is 8.71. The molecule has 0 bridgehead atoms. The smallest absolute Gasteiger partial charge is 0.0570 e. The normalized spacial score (nSPS) is 12.6. The van der Waals surface area contributed by atoms with Crippen molar-refractivity contribution in [1.29, 1.82) is 0 Å². The van der Waals surface area contributed by atoms with Crippen LogP contribution in [-0.4, -0.2) is 4.98 Å². The van der Waals surface area contributed by atoms with Crippen molar-refractivity contribution in [1.82, 2.24) is 10.3 Å². The summed E-state index contributed by atoms with van der Waals surface area (Å²) >= 11 is 1.79. The Morgan fingerprint density at radius 2 is 2.25 bits per heavy atom. The lowest BCUT2D eigenvalue weighted by atomic mass is 10.2. The summed E-state index contributed by atoms with van der Waals surface area (Å²) in [5.41, 5.74) is 2.37. The summed E-state index contributed by atoms with van der Waals surface area (Å²) in [6.07, 6.45) is 1.85. The van der Waals surface area contributed by atoms with Crippen LogP contribution in [0.1, 0.15) is 29.1 Å². The fourth-order valence-corrected chi connectivity index (χ4v) is 2.35. The summed E-state index contributed by atoms with van der Waals surface area (Å²) in [5, 5.41) is 5.60. The van der Waals surface area contributed by atoms with E-state index >= 15 is 0 Å². The maximum absolute atomic E-state index is 4.37. The van der Waals surface area contributed by atoms with Crippen LogP contribution < -0.4 is 5.32 Å². The maximum Gasteiger partial charge on any atom is 0.0570 e. The van der Waals surface area contributed by atoms with E-state index in [0.717, 1.165) is 12.2 Å². The van der Waals surface area contributed by atoms with E-state index in [9.17, 15) is 0 Å². The molecule has 3 heteroatoms. The molecular weight excluding hydrogens is 216 g/mol. The van der Waals surface area contributed by atoms with Gasteiger partial charge >= 0.3 is 0 Å². The van der Waals surface area contributed by atoms with Crippen molar-refractivity contribution in [2.45, 2.75) is 26.4 Å². The van der Waals surface area contributed by atoms with Crippen molar-refractivity contribution in [3.63, 3.8) is 0 Å². The molecule has 1 N–H and O–H groups in total. The Morgan fingerprint density at radius 1 is 1.38 bits per heavy atom. The van der Waals surface area contributed by atoms with E-state index in [4.69, 9.17) is 0 Å². The Labute approximate surface area is 100 Å². The molecule has 0 saturated carbocycles. The fraction of sp³-hybridized carbons (Fsp3) is 0.308. The lowest BCUT2D eigenvalue weighted by molar-refractivity contribution is 0.574. The van der Waals surface area contributed by atoms with Gasteiger partial charge in [-0.15, -0.1) is 11.3 Å². The number of nitrogens with zero attached hydrogens (tertiary/aromatic N) is 1. The van der Waals surface area contributed by atoms with Gasteiger partial charge in [0.1, 0.15) is 0 Å². The lowest BCUT2D eigenvalue weighted by Crippen LogP contribution is -2.18. The molecule has 0 aromatic carbocycles. The van der Waals surface area contributed by atoms with Crippen molar-refractivity contribution in [2.24, 2.45) is 0 Å². The van der Waals surface area contributed by atoms with Crippen LogP contribution in [0.4, 0.5) is 0 Å². The molecule has 16 heavy (non-hydrogen) atoms. The number of pyridine rings is 1. The molecule has 2 aromatic rings. The summed E-state index contributed by atoms with van der Waals surface area (Å²) in [5.74, 6) is 0. The minimum atomic E-state index is 0.390. The van der Waals surface area contributed by atoms with Gasteiger partial charge in [-0.1, -0.05) is 12.1 Å². The summed E-state index contributed by atoms with van der Waals surface area (Å²) in [7, 11) is 0. The number of hydrogen-bond acceptors (Lipinski definition) is 3. The van der Waals surface area contributed by atoms with E-state index in [2.05, 4.69) is 47.7 Å². The van der Waals surface area contributed by atoms with Gasteiger partial charge in [0.25, 0.3) is 0 Å². The van der Waals surface area contributed by atoms with Crippen molar-refractivity contribution < 1.29 is 0 Å². The predicted octanol–water partition coefficient (Wildman–Crippen LogP) is 3.30. The highest BCUT2D eigenvalue weighted by Crippen LogP contribution is 2.18. The van der Waals surface area contributed by atoms with Crippen LogP contribution in [0.2, 0.25) is 0 Å². The first kappa shape index (κ1) is 11.3. The van der Waals surface area contributed by atoms with Gasteiger partial charge in [0.2, 0.25) is 0 Å². The molecule has 2 rings (SSSR count). The zero-order valence-corrected chi connectivity index (χ0v) is 10.4. The zero-order chi connectivity index (χ0) is 11.4. The average Bonchev–Trinajstić information content (AvgIpc) is 2.81. The van der Waals surface area contributed by atoms with E-state index < -0.39 is 0 Å². The SMILES string of the molecule is Cc1cccnc1CNC(C)c1cccs1. The predicted molar refractivity (Wildman–Crippen MR) is 68.5 cm³/mol. The molecule has 0 radical (unpaired) electrons. The summed E-state index contributed by atoms with van der Waals surface area (Å²) < 4.78 is 0. The fourth-order valence-electron chi connectivity index (χ4n) is 1.59. The highest BCUT2D eigenvalue weighted by atomic mass is 32.1. The minimum Gasteiger partial charge on any atom is -0.304 e. The van der Waals surface area contributed by atoms with Gasteiger partial charge in [-0.3, -0.25) is 4.98 Å². The van der Waals surface area contributed by atoms with E-state index in [1.165, 1.54) is 10.4 Å². The van der Waals surface area contributed by atoms with Crippen LogP contribution in [0.5, 0.6) is 0 Å². The molecule has 0 saturated heterocycles. The molecular formula is C13H16N2S. The second kappa shape index (κ2) is 5.23. The third kappa shape index (κ3) is 2.68. The van der Waals surface area contributed by atoms with Crippen LogP contribution in [0.25, 0.3) is 0 Å². The Balaban J connectivity index is 1.95. The Bertz CT molecular complexity index is 437. The van der Waals surface area contributed by atoms with Gasteiger partial charge in [-0.25, -0.2) is 0 Å². The summed E-state index contributed by atoms with van der Waals surface area (Å²) in [4.78, 5) is 5.74. The second-order valence-corrected chi connectivity index (χ2v) is 4.86. The maximum atomic E-state index is 4.37. The Hall–Kier alpha value is -1.19. The monoisotopic (exact) mass is 232 g/mol. The summed E-state index contributed by atoms with van der Waals surface area (Å²) in [6.45, 7) is 5.11. The highest BCUT2D eigenvalue weighted by Gasteiger charge is 2.06. The molecule has 0 fully saturated rings. The first-order valence-corrected chi connectivity index (χ1v) is 6.32. The number of hydrogen-bond donors (Lipinski definition) is 1. The standard InChI is InChI=1S/C13H16N2S/c1-10-5-3-7-14-12(10)9-15-11(2)13-6-4-8-16-13/h3-8,11,15H,9H2,1-2H3. The highest BCUT2D eigenvalue weighted by molar-refractivity contribution is 7.10. The number of rotatable bonds is 4. The van der Waals surface area contributed by atoms with Gasteiger partial charge in [-0.2, -0.15) is 0 Å². The molecule has 2 heterocycles. The topological polar surface area (TPSA) is 24.9 Å². The number of thiophene rings is 1. The van der Waals surface area contributed by atoms with Crippen molar-refractivity contribution in [2.75, 3.05) is 0 Å². The Kier molecular flexibility index (Phi) is 3.70. The third-order valence-corrected chi connectivity index (χ3v) is 3.72. The second-order valence-electron chi connectivity index (χ2n) is 3.89. The Morgan fingerprint density at radius 3 is 2.94 bits per heavy atom. The van der Waals surface area contributed by atoms with Crippen LogP contribution in [0, 0.1) is 6.92 Å². The number of nitrogens with one attached hydrogen (secondary N) is 1. The van der Waals surface area contributed by atoms with E-state index in [1.807, 2.05) is 12.3 Å². The molecule has 0 aliphatic rings. The van der Waals surface area contributed by atoms with E-state index in [-0.39, 0.29) is 0 Å². The largest absolute Gasteiger partial charge is 0.304 e. The van der Waals surface area contributed by atoms with Crippen molar-refractivity contribution in [3.8, 4) is 0 Å². The van der Waals surface area contributed by atoms with Crippen LogP contribution in [-0.2, 0) is 6.54 Å². The first-order valence-electron chi connectivity index (χ1n) is 5.44. The molecule has 2 aromatic heterocycles. The van der Waals surface area contributed by atoms with Gasteiger partial charge in [0.15, 0.2) is 0 Å². The van der Waals surface area contributed by atoms with Crippen LogP contribution >= 0.6 is 11.3 Å². The zero-order valence-electron chi connectivity index (χ0n) is 9.60. The molecule has 0 spiro atoms. The molecule has 1 unspecified atom stereocenters. The molecule has 0 aliphatic carbocycles. The molecule has 1 atom stereocenters. The van der Waals surface area contributed by atoms with Gasteiger partial charge in [-0.05, 0) is 36.9 Å². The molecule has 84 valence electrons. The van der Waals surface area contributed by atoms with E-state index in [1.54, 1.807) is 11.3 Å². The van der Waals surface area contributed by atoms with Crippen LogP contribution in [0.3, 0.4) is 0 Å². The lowest BCUT2D eigenvalue weighted by Gasteiger charge is -2.12. The average molecular weight is 232 g/mol. The molecule has 2 nitrogen and oxygen atoms in total. The molecule has 0 aliphatic heterocycles. The number of aryl methyl sites for hydroxylation is 1. The van der Waals surface area contributed by atoms with E-state index in [0.29, 0.717) is 6.04 Å². The van der Waals surface area contributed by atoms with Gasteiger partial charge < -0.3 is 5.32 Å². The van der Waals surface area contributed by atoms with Crippen LogP contribution in [0.15, 0.2) is 35.8 Å². The number of aromatic nitrogens is 1. The van der Waals surface area contributed by atoms with Gasteiger partial charge in [0, 0.05) is 23.7 Å². The third-order valence-electron chi connectivity index (χ3n) is 2.66. The first-order chi connectivity index (χ1) is 7.77. The van der Waals surface area contributed by atoms with Gasteiger partial charge in [0.05, 0.1) is 5.69 Å².